The van der Waals surface area contributed by atoms with Crippen molar-refractivity contribution in [1.82, 2.24) is 0 Å². The number of aliphatic hydroxyl groups excluding tert-OH is 1. The van der Waals surface area contributed by atoms with Crippen LogP contribution in [-0.2, 0) is 0 Å². The molecule has 0 amide bonds. The molecule has 0 bridgehead atoms. The summed E-state index contributed by atoms with van der Waals surface area (Å²) >= 11 is 0. The van der Waals surface area contributed by atoms with E-state index >= 15 is 0 Å². The maximum Gasteiger partial charge on any atom is 0.170 e. The number of hydrogen-bond acceptors (Lipinski definition) is 4. The van der Waals surface area contributed by atoms with Crippen molar-refractivity contribution in [2.24, 2.45) is 10.9 Å². The summed E-state index contributed by atoms with van der Waals surface area (Å²) in [5, 5.41) is 20.3. The van der Waals surface area contributed by atoms with Crippen LogP contribution in [0.4, 0.5) is 14.5 Å². The molecule has 1 aromatic rings. The van der Waals surface area contributed by atoms with Crippen LogP contribution >= 0.6 is 0 Å². The zero-order chi connectivity index (χ0) is 14.6. The molecular weight excluding hydrogens is 256 g/mol. The highest BCUT2D eigenvalue weighted by molar-refractivity contribution is 5.97. The van der Waals surface area contributed by atoms with Gasteiger partial charge in [0, 0.05) is 19.2 Å². The third-order valence-electron chi connectivity index (χ3n) is 2.68. The van der Waals surface area contributed by atoms with E-state index in [4.69, 9.17) is 16.0 Å². The van der Waals surface area contributed by atoms with Gasteiger partial charge in [-0.15, -0.1) is 0 Å². The molecule has 0 heterocycles. The van der Waals surface area contributed by atoms with E-state index < -0.39 is 17.7 Å². The minimum Gasteiger partial charge on any atom is -0.409 e. The van der Waals surface area contributed by atoms with Gasteiger partial charge < -0.3 is 20.9 Å². The van der Waals surface area contributed by atoms with E-state index in [-0.39, 0.29) is 17.1 Å². The average molecular weight is 273 g/mol. The maximum atomic E-state index is 13.8. The zero-order valence-corrected chi connectivity index (χ0v) is 10.8. The van der Waals surface area contributed by atoms with E-state index in [1.807, 2.05) is 0 Å². The van der Waals surface area contributed by atoms with Crippen LogP contribution in [0.3, 0.4) is 0 Å². The summed E-state index contributed by atoms with van der Waals surface area (Å²) in [6, 6.07) is 1.98. The number of anilines is 1. The smallest absolute Gasteiger partial charge is 0.170 e. The lowest BCUT2D eigenvalue weighted by Gasteiger charge is -2.21. The first kappa shape index (κ1) is 15.2. The van der Waals surface area contributed by atoms with Crippen molar-refractivity contribution in [2.75, 3.05) is 18.5 Å². The number of halogens is 2. The molecule has 0 saturated heterocycles. The molecule has 0 saturated carbocycles. The SMILES string of the molecule is CC(O)CCN(C)c1c(F)cc(C(N)=NO)cc1F. The Hall–Kier alpha value is -1.89. The predicted molar refractivity (Wildman–Crippen MR) is 68.4 cm³/mol. The summed E-state index contributed by atoms with van der Waals surface area (Å²) in [5.41, 5.74) is 5.03. The molecule has 0 spiro atoms. The van der Waals surface area contributed by atoms with Crippen LogP contribution in [-0.4, -0.2) is 35.8 Å². The van der Waals surface area contributed by atoms with Gasteiger partial charge in [0.25, 0.3) is 0 Å². The Morgan fingerprint density at radius 3 is 2.37 bits per heavy atom. The number of oxime groups is 1. The molecule has 1 atom stereocenters. The Balaban J connectivity index is 3.03. The van der Waals surface area contributed by atoms with Gasteiger partial charge in [0.15, 0.2) is 5.84 Å². The monoisotopic (exact) mass is 273 g/mol. The Bertz CT molecular complexity index is 455. The summed E-state index contributed by atoms with van der Waals surface area (Å²) < 4.78 is 27.7. The van der Waals surface area contributed by atoms with Crippen molar-refractivity contribution in [1.29, 1.82) is 0 Å². The molecule has 106 valence electrons. The zero-order valence-electron chi connectivity index (χ0n) is 10.8. The summed E-state index contributed by atoms with van der Waals surface area (Å²) in [4.78, 5) is 1.37. The number of aliphatic hydroxyl groups is 1. The lowest BCUT2D eigenvalue weighted by molar-refractivity contribution is 0.186. The van der Waals surface area contributed by atoms with Crippen LogP contribution in [0.25, 0.3) is 0 Å². The summed E-state index contributed by atoms with van der Waals surface area (Å²) in [7, 11) is 1.52. The summed E-state index contributed by atoms with van der Waals surface area (Å²) in [6.07, 6.45) is -0.165. The second-order valence-electron chi connectivity index (χ2n) is 4.33. The largest absolute Gasteiger partial charge is 0.409 e. The molecule has 0 aliphatic rings. The molecule has 4 N–H and O–H groups in total. The molecule has 0 aromatic heterocycles. The lowest BCUT2D eigenvalue weighted by Crippen LogP contribution is -2.24. The van der Waals surface area contributed by atoms with Crippen LogP contribution < -0.4 is 10.6 Å². The number of rotatable bonds is 5. The van der Waals surface area contributed by atoms with Crippen LogP contribution in [0, 0.1) is 11.6 Å². The summed E-state index contributed by atoms with van der Waals surface area (Å²) in [6.45, 7) is 1.90. The van der Waals surface area contributed by atoms with Crippen LogP contribution in [0.15, 0.2) is 17.3 Å². The van der Waals surface area contributed by atoms with Gasteiger partial charge in [-0.3, -0.25) is 0 Å². The molecule has 1 aromatic carbocycles. The van der Waals surface area contributed by atoms with Gasteiger partial charge in [0.2, 0.25) is 0 Å². The molecule has 1 rings (SSSR count). The van der Waals surface area contributed by atoms with Gasteiger partial charge in [-0.2, -0.15) is 0 Å². The lowest BCUT2D eigenvalue weighted by atomic mass is 10.1. The third kappa shape index (κ3) is 3.78. The van der Waals surface area contributed by atoms with Crippen molar-refractivity contribution >= 4 is 11.5 Å². The van der Waals surface area contributed by atoms with Gasteiger partial charge in [-0.05, 0) is 25.5 Å². The van der Waals surface area contributed by atoms with Gasteiger partial charge in [-0.1, -0.05) is 5.16 Å². The molecule has 7 heteroatoms. The minimum absolute atomic E-state index is 0.0369. The van der Waals surface area contributed by atoms with Gasteiger partial charge in [-0.25, -0.2) is 8.78 Å². The van der Waals surface area contributed by atoms with Crippen molar-refractivity contribution in [2.45, 2.75) is 19.4 Å². The van der Waals surface area contributed by atoms with E-state index in [0.717, 1.165) is 12.1 Å². The number of benzene rings is 1. The molecule has 1 unspecified atom stereocenters. The standard InChI is InChI=1S/C12H17F2N3O2/c1-7(18)3-4-17(2)11-9(13)5-8(6-10(11)14)12(15)16-19/h5-7,18-19H,3-4H2,1-2H3,(H2,15,16). The number of nitrogens with zero attached hydrogens (tertiary/aromatic N) is 2. The third-order valence-corrected chi connectivity index (χ3v) is 2.68. The van der Waals surface area contributed by atoms with E-state index in [2.05, 4.69) is 5.16 Å². The fourth-order valence-electron chi connectivity index (χ4n) is 1.63. The Labute approximate surface area is 109 Å². The second kappa shape index (κ2) is 6.33. The van der Waals surface area contributed by atoms with Gasteiger partial charge in [0.05, 0.1) is 6.10 Å². The molecule has 0 radical (unpaired) electrons. The Morgan fingerprint density at radius 2 is 1.95 bits per heavy atom. The first-order valence-corrected chi connectivity index (χ1v) is 5.73. The van der Waals surface area contributed by atoms with Crippen LogP contribution in [0.1, 0.15) is 18.9 Å². The van der Waals surface area contributed by atoms with E-state index in [1.54, 1.807) is 6.92 Å². The highest BCUT2D eigenvalue weighted by Crippen LogP contribution is 2.24. The van der Waals surface area contributed by atoms with E-state index in [0.29, 0.717) is 13.0 Å². The minimum atomic E-state index is -0.810. The normalized spacial score (nSPS) is 13.4. The second-order valence-corrected chi connectivity index (χ2v) is 4.33. The first-order valence-electron chi connectivity index (χ1n) is 5.73. The van der Waals surface area contributed by atoms with E-state index in [9.17, 15) is 8.78 Å². The summed E-state index contributed by atoms with van der Waals surface area (Å²) in [5.74, 6) is -1.99. The molecule has 5 nitrogen and oxygen atoms in total. The van der Waals surface area contributed by atoms with Gasteiger partial charge >= 0.3 is 0 Å². The number of amidine groups is 1. The highest BCUT2D eigenvalue weighted by atomic mass is 19.1. The topological polar surface area (TPSA) is 82.1 Å². The Morgan fingerprint density at radius 1 is 1.42 bits per heavy atom. The molecule has 0 fully saturated rings. The molecule has 0 aliphatic heterocycles. The molecule has 0 aliphatic carbocycles. The fraction of sp³-hybridized carbons (Fsp3) is 0.417. The van der Waals surface area contributed by atoms with Crippen LogP contribution in [0.2, 0.25) is 0 Å². The van der Waals surface area contributed by atoms with Crippen molar-refractivity contribution in [3.05, 3.63) is 29.3 Å². The van der Waals surface area contributed by atoms with Crippen LogP contribution in [0.5, 0.6) is 0 Å². The number of nitrogens with two attached hydrogens (primary N) is 1. The highest BCUT2D eigenvalue weighted by Gasteiger charge is 2.17. The van der Waals surface area contributed by atoms with Crippen molar-refractivity contribution < 1.29 is 19.1 Å². The Kier molecular flexibility index (Phi) is 5.05. The number of hydrogen-bond donors (Lipinski definition) is 3. The molecular formula is C12H17F2N3O2. The molecule has 19 heavy (non-hydrogen) atoms. The van der Waals surface area contributed by atoms with Gasteiger partial charge in [0.1, 0.15) is 17.3 Å². The first-order chi connectivity index (χ1) is 8.86. The van der Waals surface area contributed by atoms with Crippen molar-refractivity contribution in [3.63, 3.8) is 0 Å². The predicted octanol–water partition coefficient (Wildman–Crippen LogP) is 1.27. The van der Waals surface area contributed by atoms with E-state index in [1.165, 1.54) is 11.9 Å². The van der Waals surface area contributed by atoms with Crippen molar-refractivity contribution in [3.8, 4) is 0 Å². The average Bonchev–Trinajstić information content (AvgIpc) is 2.34. The maximum absolute atomic E-state index is 13.8. The quantitative estimate of drug-likeness (QED) is 0.326. The fourth-order valence-corrected chi connectivity index (χ4v) is 1.63.